The van der Waals surface area contributed by atoms with Gasteiger partial charge < -0.3 is 9.64 Å². The second-order valence-corrected chi connectivity index (χ2v) is 4.27. The second kappa shape index (κ2) is 7.04. The van der Waals surface area contributed by atoms with Crippen LogP contribution in [0, 0.1) is 5.92 Å². The maximum absolute atomic E-state index is 11.3. The van der Waals surface area contributed by atoms with E-state index in [1.165, 1.54) is 0 Å². The van der Waals surface area contributed by atoms with Gasteiger partial charge in [0, 0.05) is 18.4 Å². The number of ether oxygens (including phenoxy) is 1. The summed E-state index contributed by atoms with van der Waals surface area (Å²) < 4.78 is 18.0. The van der Waals surface area contributed by atoms with Crippen molar-refractivity contribution in [2.45, 2.75) is 19.8 Å². The second-order valence-electron chi connectivity index (χ2n) is 3.47. The van der Waals surface area contributed by atoms with Crippen LogP contribution in [0.3, 0.4) is 0 Å². The van der Waals surface area contributed by atoms with Crippen LogP contribution in [0.25, 0.3) is 0 Å². The van der Waals surface area contributed by atoms with Crippen LogP contribution in [-0.4, -0.2) is 37.5 Å². The van der Waals surface area contributed by atoms with Crippen molar-refractivity contribution in [2.75, 3.05) is 25.0 Å². The summed E-state index contributed by atoms with van der Waals surface area (Å²) in [4.78, 5) is 13.1. The van der Waals surface area contributed by atoms with E-state index in [-0.39, 0.29) is 6.09 Å². The third-order valence-corrected chi connectivity index (χ3v) is 2.67. The number of likely N-dealkylation sites (tertiary alicyclic amines) is 1. The van der Waals surface area contributed by atoms with Crippen LogP contribution in [0.2, 0.25) is 0 Å². The highest BCUT2D eigenvalue weighted by molar-refractivity contribution is 9.09. The summed E-state index contributed by atoms with van der Waals surface area (Å²) in [5.41, 5.74) is 0. The predicted octanol–water partition coefficient (Wildman–Crippen LogP) is 2.40. The molecule has 1 aliphatic heterocycles. The van der Waals surface area contributed by atoms with Crippen LogP contribution in [0.15, 0.2) is 0 Å². The first-order valence-corrected chi connectivity index (χ1v) is 5.84. The van der Waals surface area contributed by atoms with Crippen LogP contribution in [0.5, 0.6) is 0 Å². The highest BCUT2D eigenvalue weighted by Crippen LogP contribution is 2.16. The lowest BCUT2D eigenvalue weighted by Gasteiger charge is -2.29. The summed E-state index contributed by atoms with van der Waals surface area (Å²) in [5.74, 6) is 0.750. The topological polar surface area (TPSA) is 29.5 Å². The zero-order valence-corrected chi connectivity index (χ0v) is 9.93. The van der Waals surface area contributed by atoms with E-state index in [0.717, 1.165) is 31.8 Å². The van der Waals surface area contributed by atoms with E-state index in [4.69, 9.17) is 9.45 Å². The molecule has 1 heterocycles. The molecule has 1 aliphatic rings. The SMILES string of the molecule is CC1CCN(C(=O)OCCBr)CC1.[3H]F. The van der Waals surface area contributed by atoms with Gasteiger partial charge in [0.2, 0.25) is 0 Å². The lowest BCUT2D eigenvalue weighted by Crippen LogP contribution is -2.38. The van der Waals surface area contributed by atoms with Gasteiger partial charge in [-0.3, -0.25) is 4.72 Å². The summed E-state index contributed by atoms with van der Waals surface area (Å²) in [5, 5.41) is 0.711. The predicted molar refractivity (Wildman–Crippen MR) is 57.6 cm³/mol. The minimum absolute atomic E-state index is 0.161. The highest BCUT2D eigenvalue weighted by Gasteiger charge is 2.20. The minimum Gasteiger partial charge on any atom is -0.449 e. The number of nitrogens with zero attached hydrogens (tertiary/aromatic N) is 1. The van der Waals surface area contributed by atoms with Crippen LogP contribution in [0.1, 0.15) is 19.8 Å². The number of carbonyl (C=O) groups is 1. The lowest BCUT2D eigenvalue weighted by atomic mass is 10.00. The molecule has 1 saturated heterocycles. The molecule has 14 heavy (non-hydrogen) atoms. The fraction of sp³-hybridized carbons (Fsp3) is 0.889. The largest absolute Gasteiger partial charge is 0.449 e. The number of halogens is 2. The first kappa shape index (κ1) is 11.8. The Morgan fingerprint density at radius 2 is 2.21 bits per heavy atom. The fourth-order valence-electron chi connectivity index (χ4n) is 1.41. The summed E-state index contributed by atoms with van der Waals surface area (Å²) in [6, 6.07) is 0. The Hall–Kier alpha value is -0.320. The molecule has 5 heteroatoms. The normalized spacial score (nSPS) is 17.9. The maximum Gasteiger partial charge on any atom is 0.409 e. The van der Waals surface area contributed by atoms with Gasteiger partial charge in [-0.05, 0) is 18.8 Å². The van der Waals surface area contributed by atoms with Gasteiger partial charge in [-0.2, -0.15) is 0 Å². The van der Waals surface area contributed by atoms with E-state index < -0.39 is 0 Å². The third kappa shape index (κ3) is 4.26. The number of alkyl halides is 1. The summed E-state index contributed by atoms with van der Waals surface area (Å²) in [7, 11) is 0. The molecular formula is C9H17BrFNO2. The lowest BCUT2D eigenvalue weighted by molar-refractivity contribution is 0.0943. The number of hydrogen-bond donors (Lipinski definition) is 0. The van der Waals surface area contributed by atoms with Gasteiger partial charge in [0.1, 0.15) is 6.61 Å². The van der Waals surface area contributed by atoms with Crippen molar-refractivity contribution in [3.05, 3.63) is 0 Å². The fourth-order valence-corrected chi connectivity index (χ4v) is 1.57. The smallest absolute Gasteiger partial charge is 0.409 e. The summed E-state index contributed by atoms with van der Waals surface area (Å²) in [6.07, 6.45) is 2.04. The Kier molecular flexibility index (Phi) is 5.91. The van der Waals surface area contributed by atoms with Crippen molar-refractivity contribution in [1.82, 2.24) is 4.90 Å². The molecule has 1 fully saturated rings. The quantitative estimate of drug-likeness (QED) is 0.722. The molecule has 1 rings (SSSR count). The van der Waals surface area contributed by atoms with Gasteiger partial charge in [0.25, 0.3) is 1.45 Å². The average molecular weight is 272 g/mol. The number of carbonyl (C=O) groups excluding carboxylic acids is 1. The van der Waals surface area contributed by atoms with E-state index >= 15 is 0 Å². The molecule has 0 N–H and O–H groups in total. The number of piperidine rings is 1. The van der Waals surface area contributed by atoms with Crippen LogP contribution in [0.4, 0.5) is 9.51 Å². The zero-order valence-electron chi connectivity index (χ0n) is 9.34. The van der Waals surface area contributed by atoms with Gasteiger partial charge in [0.15, 0.2) is 0 Å². The maximum atomic E-state index is 11.3. The molecular weight excluding hydrogens is 253 g/mol. The van der Waals surface area contributed by atoms with Gasteiger partial charge in [-0.15, -0.1) is 0 Å². The number of rotatable bonds is 2. The highest BCUT2D eigenvalue weighted by atomic mass is 79.9. The van der Waals surface area contributed by atoms with Gasteiger partial charge in [-0.1, -0.05) is 22.9 Å². The Morgan fingerprint density at radius 3 is 2.71 bits per heavy atom. The molecule has 0 radical (unpaired) electrons. The molecule has 0 aromatic carbocycles. The molecule has 0 aromatic rings. The Bertz CT molecular complexity index is 177. The molecule has 0 saturated carbocycles. The van der Waals surface area contributed by atoms with Crippen molar-refractivity contribution < 1.29 is 14.2 Å². The molecule has 0 atom stereocenters. The number of hydrogen-bond acceptors (Lipinski definition) is 2. The molecule has 0 unspecified atom stereocenters. The van der Waals surface area contributed by atoms with Crippen molar-refractivity contribution in [1.29, 1.82) is 1.45 Å². The Morgan fingerprint density at radius 1 is 1.64 bits per heavy atom. The van der Waals surface area contributed by atoms with Crippen molar-refractivity contribution in [3.63, 3.8) is 0 Å². The minimum atomic E-state index is -0.161. The van der Waals surface area contributed by atoms with E-state index in [2.05, 4.69) is 24.3 Å². The molecule has 3 nitrogen and oxygen atoms in total. The Balaban J connectivity index is 0.000000921. The van der Waals surface area contributed by atoms with E-state index in [9.17, 15) is 4.79 Å². The molecule has 0 aliphatic carbocycles. The third-order valence-electron chi connectivity index (χ3n) is 2.34. The number of amides is 1. The van der Waals surface area contributed by atoms with Crippen LogP contribution >= 0.6 is 15.9 Å². The summed E-state index contributed by atoms with van der Waals surface area (Å²) in [6.45, 7) is 4.39. The molecule has 1 amide bonds. The van der Waals surface area contributed by atoms with Crippen LogP contribution in [-0.2, 0) is 4.74 Å². The molecule has 0 aromatic heterocycles. The van der Waals surface area contributed by atoms with Gasteiger partial charge in [0.05, 0.1) is 0 Å². The molecule has 0 spiro atoms. The van der Waals surface area contributed by atoms with E-state index in [1.807, 2.05) is 0 Å². The zero-order chi connectivity index (χ0) is 11.7. The van der Waals surface area contributed by atoms with Gasteiger partial charge in [-0.25, -0.2) is 4.79 Å². The van der Waals surface area contributed by atoms with Crippen LogP contribution < -0.4 is 0 Å². The van der Waals surface area contributed by atoms with Crippen molar-refractivity contribution in [3.8, 4) is 0 Å². The van der Waals surface area contributed by atoms with Crippen molar-refractivity contribution >= 4 is 22.0 Å². The summed E-state index contributed by atoms with van der Waals surface area (Å²) >= 11 is 3.22. The monoisotopic (exact) mass is 271 g/mol. The van der Waals surface area contributed by atoms with Gasteiger partial charge >= 0.3 is 6.09 Å². The first-order chi connectivity index (χ1) is 7.24. The standard InChI is InChI=1S/C9H16BrNO2.FH/c1-8-2-5-11(6-3-8)9(12)13-7-4-10;/h8H,2-7H2,1H3;1H/i/hT. The van der Waals surface area contributed by atoms with E-state index in [0.29, 0.717) is 11.9 Å². The average Bonchev–Trinajstić information content (AvgIpc) is 2.29. The van der Waals surface area contributed by atoms with E-state index in [1.54, 1.807) is 4.90 Å². The first-order valence-electron chi connectivity index (χ1n) is 5.09. The molecule has 0 bridgehead atoms. The van der Waals surface area contributed by atoms with Crippen molar-refractivity contribution in [2.24, 2.45) is 5.92 Å². The Labute approximate surface area is 93.8 Å². The molecule has 84 valence electrons.